The van der Waals surface area contributed by atoms with E-state index in [1.54, 1.807) is 43.5 Å². The van der Waals surface area contributed by atoms with Gasteiger partial charge in [0.2, 0.25) is 11.7 Å². The minimum atomic E-state index is -3.20. The van der Waals surface area contributed by atoms with Gasteiger partial charge in [-0.3, -0.25) is 0 Å². The lowest BCUT2D eigenvalue weighted by Crippen LogP contribution is -2.18. The molecule has 0 aliphatic carbocycles. The fraction of sp³-hybridized carbons (Fsp3) is 0.300. The summed E-state index contributed by atoms with van der Waals surface area (Å²) in [7, 11) is -1.59. The topological polar surface area (TPSA) is 104 Å². The first-order valence-corrected chi connectivity index (χ1v) is 10.9. The predicted octanol–water partition coefficient (Wildman–Crippen LogP) is 2.91. The Labute approximate surface area is 169 Å². The third kappa shape index (κ3) is 5.78. The molecular weight excluding hydrogens is 394 g/mol. The van der Waals surface area contributed by atoms with E-state index in [1.165, 1.54) is 6.26 Å². The first-order valence-electron chi connectivity index (χ1n) is 8.97. The van der Waals surface area contributed by atoms with E-state index in [9.17, 15) is 8.42 Å². The van der Waals surface area contributed by atoms with Crippen LogP contribution in [0, 0.1) is 0 Å². The summed E-state index contributed by atoms with van der Waals surface area (Å²) in [5.74, 6) is 2.33. The van der Waals surface area contributed by atoms with Crippen molar-refractivity contribution >= 4 is 9.84 Å². The molecule has 0 spiro atoms. The van der Waals surface area contributed by atoms with E-state index in [0.29, 0.717) is 28.9 Å². The number of rotatable bonds is 9. The van der Waals surface area contributed by atoms with Crippen LogP contribution in [0.4, 0.5) is 0 Å². The molecule has 2 aromatic carbocycles. The zero-order chi connectivity index (χ0) is 20.9. The van der Waals surface area contributed by atoms with Gasteiger partial charge >= 0.3 is 0 Å². The monoisotopic (exact) mass is 417 g/mol. The molecule has 0 aliphatic heterocycles. The summed E-state index contributed by atoms with van der Waals surface area (Å²) in [6, 6.07) is 14.0. The number of sulfone groups is 1. The van der Waals surface area contributed by atoms with E-state index < -0.39 is 9.84 Å². The molecule has 0 saturated heterocycles. The summed E-state index contributed by atoms with van der Waals surface area (Å²) in [6.45, 7) is 2.54. The van der Waals surface area contributed by atoms with Crippen LogP contribution in [0.5, 0.6) is 11.5 Å². The van der Waals surface area contributed by atoms with Crippen molar-refractivity contribution in [1.82, 2.24) is 15.5 Å². The molecule has 154 valence electrons. The van der Waals surface area contributed by atoms with E-state index >= 15 is 0 Å². The van der Waals surface area contributed by atoms with Crippen LogP contribution in [0.3, 0.4) is 0 Å². The van der Waals surface area contributed by atoms with E-state index in [4.69, 9.17) is 14.0 Å². The Morgan fingerprint density at radius 1 is 1.07 bits per heavy atom. The Morgan fingerprint density at radius 2 is 1.72 bits per heavy atom. The standard InChI is InChI=1S/C20H23N3O5S/c1-14(15-4-10-18(11-5-15)29(3,24)25)21-12-20-22-19(23-28-20)13-27-17-8-6-16(26-2)7-9-17/h4-11,14,21H,12-13H2,1-3H3/t14-/m1/s1. The fourth-order valence-electron chi connectivity index (χ4n) is 2.60. The summed E-state index contributed by atoms with van der Waals surface area (Å²) in [5.41, 5.74) is 0.958. The van der Waals surface area contributed by atoms with Crippen LogP contribution >= 0.6 is 0 Å². The lowest BCUT2D eigenvalue weighted by molar-refractivity contribution is 0.284. The highest BCUT2D eigenvalue weighted by Crippen LogP contribution is 2.18. The molecule has 9 heteroatoms. The van der Waals surface area contributed by atoms with Gasteiger partial charge in [0.1, 0.15) is 11.5 Å². The summed E-state index contributed by atoms with van der Waals surface area (Å²) < 4.78 is 39.1. The number of methoxy groups -OCH3 is 1. The molecular formula is C20H23N3O5S. The van der Waals surface area contributed by atoms with Crippen molar-refractivity contribution in [2.75, 3.05) is 13.4 Å². The van der Waals surface area contributed by atoms with Gasteiger partial charge in [0, 0.05) is 12.3 Å². The van der Waals surface area contributed by atoms with Crippen molar-refractivity contribution in [2.24, 2.45) is 0 Å². The first kappa shape index (κ1) is 20.8. The van der Waals surface area contributed by atoms with Crippen molar-refractivity contribution in [3.8, 4) is 11.5 Å². The predicted molar refractivity (Wildman–Crippen MR) is 106 cm³/mol. The fourth-order valence-corrected chi connectivity index (χ4v) is 3.23. The Balaban J connectivity index is 1.50. The molecule has 0 fully saturated rings. The van der Waals surface area contributed by atoms with Crippen LogP contribution < -0.4 is 14.8 Å². The third-order valence-electron chi connectivity index (χ3n) is 4.31. The molecule has 0 amide bonds. The Morgan fingerprint density at radius 3 is 2.34 bits per heavy atom. The third-order valence-corrected chi connectivity index (χ3v) is 5.43. The van der Waals surface area contributed by atoms with Crippen molar-refractivity contribution in [2.45, 2.75) is 31.0 Å². The van der Waals surface area contributed by atoms with Gasteiger partial charge in [0.05, 0.1) is 18.6 Å². The summed E-state index contributed by atoms with van der Waals surface area (Å²) in [6.07, 6.45) is 1.19. The number of aromatic nitrogens is 2. The average Bonchev–Trinajstić information content (AvgIpc) is 3.18. The Kier molecular flexibility index (Phi) is 6.50. The van der Waals surface area contributed by atoms with Crippen molar-refractivity contribution in [3.05, 3.63) is 65.8 Å². The van der Waals surface area contributed by atoms with E-state index in [1.807, 2.05) is 19.1 Å². The maximum atomic E-state index is 11.5. The molecule has 3 rings (SSSR count). The van der Waals surface area contributed by atoms with Gasteiger partial charge in [-0.2, -0.15) is 4.98 Å². The molecule has 0 radical (unpaired) electrons. The number of nitrogens with one attached hydrogen (secondary N) is 1. The second-order valence-corrected chi connectivity index (χ2v) is 8.53. The molecule has 0 unspecified atom stereocenters. The molecule has 3 aromatic rings. The molecule has 1 aromatic heterocycles. The SMILES string of the molecule is COc1ccc(OCc2noc(CN[C@H](C)c3ccc(S(C)(=O)=O)cc3)n2)cc1. The molecule has 0 saturated carbocycles. The number of hydrogen-bond donors (Lipinski definition) is 1. The molecule has 1 N–H and O–H groups in total. The number of benzene rings is 2. The number of nitrogens with zero attached hydrogens (tertiary/aromatic N) is 2. The summed E-state index contributed by atoms with van der Waals surface area (Å²) in [5, 5.41) is 7.18. The highest BCUT2D eigenvalue weighted by molar-refractivity contribution is 7.90. The van der Waals surface area contributed by atoms with Crippen molar-refractivity contribution < 1.29 is 22.4 Å². The summed E-state index contributed by atoms with van der Waals surface area (Å²) >= 11 is 0. The molecule has 29 heavy (non-hydrogen) atoms. The minimum Gasteiger partial charge on any atom is -0.497 e. The summed E-state index contributed by atoms with van der Waals surface area (Å²) in [4.78, 5) is 4.60. The van der Waals surface area contributed by atoms with Crippen LogP contribution in [0.2, 0.25) is 0 Å². The highest BCUT2D eigenvalue weighted by Gasteiger charge is 2.12. The lowest BCUT2D eigenvalue weighted by atomic mass is 10.1. The van der Waals surface area contributed by atoms with E-state index in [-0.39, 0.29) is 12.6 Å². The van der Waals surface area contributed by atoms with Crippen LogP contribution in [0.25, 0.3) is 0 Å². The molecule has 8 nitrogen and oxygen atoms in total. The van der Waals surface area contributed by atoms with Crippen LogP contribution in [0.15, 0.2) is 57.9 Å². The zero-order valence-electron chi connectivity index (χ0n) is 16.5. The lowest BCUT2D eigenvalue weighted by Gasteiger charge is -2.13. The zero-order valence-corrected chi connectivity index (χ0v) is 17.3. The molecule has 1 atom stereocenters. The molecule has 0 bridgehead atoms. The van der Waals surface area contributed by atoms with Gasteiger partial charge < -0.3 is 19.3 Å². The quantitative estimate of drug-likeness (QED) is 0.567. The second kappa shape index (κ2) is 9.06. The maximum Gasteiger partial charge on any atom is 0.240 e. The number of hydrogen-bond acceptors (Lipinski definition) is 8. The molecule has 0 aliphatic rings. The van der Waals surface area contributed by atoms with Crippen molar-refractivity contribution in [1.29, 1.82) is 0 Å². The smallest absolute Gasteiger partial charge is 0.240 e. The van der Waals surface area contributed by atoms with Gasteiger partial charge in [0.15, 0.2) is 16.4 Å². The van der Waals surface area contributed by atoms with Crippen LogP contribution in [-0.2, 0) is 23.0 Å². The Hall–Kier alpha value is -2.91. The largest absolute Gasteiger partial charge is 0.497 e. The van der Waals surface area contributed by atoms with Crippen molar-refractivity contribution in [3.63, 3.8) is 0 Å². The van der Waals surface area contributed by atoms with E-state index in [2.05, 4.69) is 15.5 Å². The second-order valence-electron chi connectivity index (χ2n) is 6.51. The minimum absolute atomic E-state index is 0.0190. The van der Waals surface area contributed by atoms with Crippen LogP contribution in [-0.4, -0.2) is 31.9 Å². The van der Waals surface area contributed by atoms with Gasteiger partial charge in [-0.05, 0) is 48.9 Å². The molecule has 1 heterocycles. The van der Waals surface area contributed by atoms with Crippen LogP contribution in [0.1, 0.15) is 30.2 Å². The maximum absolute atomic E-state index is 11.5. The van der Waals surface area contributed by atoms with Gasteiger partial charge in [-0.1, -0.05) is 17.3 Å². The number of ether oxygens (including phenoxy) is 2. The Bertz CT molecular complexity index is 1030. The van der Waals surface area contributed by atoms with Gasteiger partial charge in [-0.25, -0.2) is 8.42 Å². The van der Waals surface area contributed by atoms with Gasteiger partial charge in [0.25, 0.3) is 0 Å². The average molecular weight is 417 g/mol. The first-order chi connectivity index (χ1) is 13.8. The van der Waals surface area contributed by atoms with Gasteiger partial charge in [-0.15, -0.1) is 0 Å². The van der Waals surface area contributed by atoms with E-state index in [0.717, 1.165) is 11.3 Å². The normalized spacial score (nSPS) is 12.5. The highest BCUT2D eigenvalue weighted by atomic mass is 32.2.